The summed E-state index contributed by atoms with van der Waals surface area (Å²) in [5, 5.41) is 0. The maximum atomic E-state index is 12.4. The second kappa shape index (κ2) is 5.38. The number of nitrogens with zero attached hydrogens (tertiary/aromatic N) is 2. The van der Waals surface area contributed by atoms with E-state index in [9.17, 15) is 13.2 Å². The minimum Gasteiger partial charge on any atom is -0.465 e. The molecule has 0 aliphatic carbocycles. The van der Waals surface area contributed by atoms with Gasteiger partial charge in [-0.15, -0.1) is 0 Å². The van der Waals surface area contributed by atoms with Gasteiger partial charge in [0, 0.05) is 6.42 Å². The van der Waals surface area contributed by atoms with Crippen LogP contribution in [0.25, 0.3) is 0 Å². The third-order valence-electron chi connectivity index (χ3n) is 2.35. The zero-order valence-electron chi connectivity index (χ0n) is 10.3. The SMILES string of the molecule is CCc1nc(NN)c(C)c(OC(C)C(F)(F)F)n1. The molecule has 0 spiro atoms. The molecule has 0 bridgehead atoms. The third kappa shape index (κ3) is 3.22. The van der Waals surface area contributed by atoms with Crippen molar-refractivity contribution in [3.63, 3.8) is 0 Å². The Labute approximate surface area is 103 Å². The Bertz CT molecular complexity index is 422. The molecule has 1 aromatic rings. The topological polar surface area (TPSA) is 73.1 Å². The zero-order chi connectivity index (χ0) is 13.9. The minimum absolute atomic E-state index is 0.111. The molecule has 18 heavy (non-hydrogen) atoms. The second-order valence-electron chi connectivity index (χ2n) is 3.72. The predicted octanol–water partition coefficient (Wildman–Crippen LogP) is 1.96. The monoisotopic (exact) mass is 264 g/mol. The van der Waals surface area contributed by atoms with Crippen LogP contribution in [-0.4, -0.2) is 22.2 Å². The number of nitrogens with one attached hydrogen (secondary N) is 1. The van der Waals surface area contributed by atoms with E-state index in [-0.39, 0.29) is 11.7 Å². The van der Waals surface area contributed by atoms with Crippen LogP contribution >= 0.6 is 0 Å². The molecule has 0 saturated heterocycles. The van der Waals surface area contributed by atoms with E-state index in [4.69, 9.17) is 10.6 Å². The lowest BCUT2D eigenvalue weighted by Crippen LogP contribution is -2.32. The number of anilines is 1. The van der Waals surface area contributed by atoms with Crippen LogP contribution in [0, 0.1) is 6.92 Å². The van der Waals surface area contributed by atoms with E-state index in [1.807, 2.05) is 0 Å². The van der Waals surface area contributed by atoms with Crippen LogP contribution in [0.2, 0.25) is 0 Å². The summed E-state index contributed by atoms with van der Waals surface area (Å²) in [4.78, 5) is 7.95. The van der Waals surface area contributed by atoms with Crippen LogP contribution in [0.3, 0.4) is 0 Å². The summed E-state index contributed by atoms with van der Waals surface area (Å²) in [6.45, 7) is 4.23. The Kier molecular flexibility index (Phi) is 4.33. The molecule has 0 aliphatic heterocycles. The van der Waals surface area contributed by atoms with Gasteiger partial charge in [0.1, 0.15) is 11.6 Å². The van der Waals surface area contributed by atoms with Gasteiger partial charge in [0.2, 0.25) is 5.88 Å². The number of hydrazine groups is 1. The summed E-state index contributed by atoms with van der Waals surface area (Å²) in [6, 6.07) is 0. The van der Waals surface area contributed by atoms with Gasteiger partial charge in [0.15, 0.2) is 6.10 Å². The highest BCUT2D eigenvalue weighted by molar-refractivity contribution is 5.47. The number of nitrogen functional groups attached to an aromatic ring is 1. The highest BCUT2D eigenvalue weighted by Crippen LogP contribution is 2.28. The fourth-order valence-corrected chi connectivity index (χ4v) is 1.19. The molecule has 8 heteroatoms. The maximum Gasteiger partial charge on any atom is 0.425 e. The van der Waals surface area contributed by atoms with E-state index in [0.29, 0.717) is 17.8 Å². The number of ether oxygens (including phenoxy) is 1. The molecule has 0 amide bonds. The van der Waals surface area contributed by atoms with Crippen molar-refractivity contribution in [3.05, 3.63) is 11.4 Å². The van der Waals surface area contributed by atoms with Gasteiger partial charge in [-0.25, -0.2) is 10.8 Å². The highest BCUT2D eigenvalue weighted by atomic mass is 19.4. The van der Waals surface area contributed by atoms with Crippen LogP contribution in [-0.2, 0) is 6.42 Å². The van der Waals surface area contributed by atoms with Crippen LogP contribution < -0.4 is 16.0 Å². The Morgan fingerprint density at radius 2 is 2.00 bits per heavy atom. The lowest BCUT2D eigenvalue weighted by atomic mass is 10.3. The van der Waals surface area contributed by atoms with Gasteiger partial charge in [-0.2, -0.15) is 18.2 Å². The summed E-state index contributed by atoms with van der Waals surface area (Å²) >= 11 is 0. The zero-order valence-corrected chi connectivity index (χ0v) is 10.3. The van der Waals surface area contributed by atoms with E-state index < -0.39 is 12.3 Å². The number of hydrogen-bond acceptors (Lipinski definition) is 5. The molecule has 3 N–H and O–H groups in total. The molecule has 0 radical (unpaired) electrons. The van der Waals surface area contributed by atoms with Crippen LogP contribution in [0.15, 0.2) is 0 Å². The molecular formula is C10H15F3N4O. The van der Waals surface area contributed by atoms with Gasteiger partial charge in [-0.1, -0.05) is 6.92 Å². The fraction of sp³-hybridized carbons (Fsp3) is 0.600. The molecule has 0 aliphatic rings. The van der Waals surface area contributed by atoms with E-state index in [1.165, 1.54) is 6.92 Å². The molecule has 102 valence electrons. The van der Waals surface area contributed by atoms with Crippen molar-refractivity contribution < 1.29 is 17.9 Å². The first-order valence-electron chi connectivity index (χ1n) is 5.37. The molecule has 1 aromatic heterocycles. The molecule has 1 heterocycles. The van der Waals surface area contributed by atoms with E-state index in [1.54, 1.807) is 6.92 Å². The quantitative estimate of drug-likeness (QED) is 0.642. The first-order valence-corrected chi connectivity index (χ1v) is 5.37. The van der Waals surface area contributed by atoms with Crippen LogP contribution in [0.1, 0.15) is 25.2 Å². The fourth-order valence-electron chi connectivity index (χ4n) is 1.19. The Hall–Kier alpha value is -1.57. The van der Waals surface area contributed by atoms with Gasteiger partial charge in [0.25, 0.3) is 0 Å². The van der Waals surface area contributed by atoms with Gasteiger partial charge in [-0.3, -0.25) is 0 Å². The minimum atomic E-state index is -4.44. The van der Waals surface area contributed by atoms with Crippen LogP contribution in [0.5, 0.6) is 5.88 Å². The Morgan fingerprint density at radius 3 is 2.44 bits per heavy atom. The smallest absolute Gasteiger partial charge is 0.425 e. The number of alkyl halides is 3. The normalized spacial score (nSPS) is 13.3. The summed E-state index contributed by atoms with van der Waals surface area (Å²) < 4.78 is 42.1. The van der Waals surface area contributed by atoms with Crippen molar-refractivity contribution in [1.29, 1.82) is 0 Å². The Morgan fingerprint density at radius 1 is 1.39 bits per heavy atom. The van der Waals surface area contributed by atoms with E-state index in [0.717, 1.165) is 6.92 Å². The number of aryl methyl sites for hydroxylation is 1. The van der Waals surface area contributed by atoms with Crippen molar-refractivity contribution in [3.8, 4) is 5.88 Å². The third-order valence-corrected chi connectivity index (χ3v) is 2.35. The standard InChI is InChI=1S/C10H15F3N4O/c1-4-7-15-8(17-14)5(2)9(16-7)18-6(3)10(11,12)13/h6H,4,14H2,1-3H3,(H,15,16,17). The van der Waals surface area contributed by atoms with Crippen molar-refractivity contribution in [1.82, 2.24) is 9.97 Å². The van der Waals surface area contributed by atoms with Crippen molar-refractivity contribution in [2.45, 2.75) is 39.5 Å². The molecule has 0 fully saturated rings. The number of nitrogens with two attached hydrogens (primary N) is 1. The average molecular weight is 264 g/mol. The first-order chi connectivity index (χ1) is 8.29. The Balaban J connectivity index is 3.08. The van der Waals surface area contributed by atoms with Gasteiger partial charge in [-0.05, 0) is 13.8 Å². The largest absolute Gasteiger partial charge is 0.465 e. The van der Waals surface area contributed by atoms with Crippen molar-refractivity contribution >= 4 is 5.82 Å². The lowest BCUT2D eigenvalue weighted by molar-refractivity contribution is -0.190. The van der Waals surface area contributed by atoms with Gasteiger partial charge >= 0.3 is 6.18 Å². The summed E-state index contributed by atoms with van der Waals surface area (Å²) in [5.74, 6) is 5.75. The first kappa shape index (κ1) is 14.5. The van der Waals surface area contributed by atoms with Crippen molar-refractivity contribution in [2.24, 2.45) is 5.84 Å². The predicted molar refractivity (Wildman–Crippen MR) is 60.1 cm³/mol. The van der Waals surface area contributed by atoms with E-state index >= 15 is 0 Å². The number of halogens is 3. The lowest BCUT2D eigenvalue weighted by Gasteiger charge is -2.19. The van der Waals surface area contributed by atoms with Crippen LogP contribution in [0.4, 0.5) is 19.0 Å². The molecule has 5 nitrogen and oxygen atoms in total. The molecule has 1 rings (SSSR count). The maximum absolute atomic E-state index is 12.4. The molecule has 0 saturated carbocycles. The number of aromatic nitrogens is 2. The average Bonchev–Trinajstić information content (AvgIpc) is 2.30. The van der Waals surface area contributed by atoms with Gasteiger partial charge in [0.05, 0.1) is 5.56 Å². The number of hydrogen-bond donors (Lipinski definition) is 2. The summed E-state index contributed by atoms with van der Waals surface area (Å²) in [7, 11) is 0. The summed E-state index contributed by atoms with van der Waals surface area (Å²) in [5.41, 5.74) is 2.65. The highest BCUT2D eigenvalue weighted by Gasteiger charge is 2.38. The molecular weight excluding hydrogens is 249 g/mol. The molecule has 1 unspecified atom stereocenters. The molecule has 0 aromatic carbocycles. The number of rotatable bonds is 4. The molecule has 1 atom stereocenters. The van der Waals surface area contributed by atoms with Gasteiger partial charge < -0.3 is 10.2 Å². The van der Waals surface area contributed by atoms with E-state index in [2.05, 4.69) is 15.4 Å². The summed E-state index contributed by atoms with van der Waals surface area (Å²) in [6.07, 6.45) is -5.92. The van der Waals surface area contributed by atoms with Crippen molar-refractivity contribution in [2.75, 3.05) is 5.43 Å². The second-order valence-corrected chi connectivity index (χ2v) is 3.72.